The number of carbonyl (C=O) groups excluding carboxylic acids is 1. The second-order valence-corrected chi connectivity index (χ2v) is 5.70. The number of rotatable bonds is 5. The van der Waals surface area contributed by atoms with E-state index < -0.39 is 12.0 Å². The molecular weight excluding hydrogens is 268 g/mol. The molecular formula is C16H22N2O3. The Hall–Kier alpha value is -2.04. The summed E-state index contributed by atoms with van der Waals surface area (Å²) in [7, 11) is 0. The number of amides is 2. The number of aliphatic carboxylic acids is 1. The molecule has 0 bridgehead atoms. The monoisotopic (exact) mass is 290 g/mol. The molecule has 1 aromatic rings. The lowest BCUT2D eigenvalue weighted by atomic mass is 10.1. The third-order valence-corrected chi connectivity index (χ3v) is 3.87. The fourth-order valence-electron chi connectivity index (χ4n) is 2.57. The first-order chi connectivity index (χ1) is 10.1. The number of hydrogen-bond donors (Lipinski definition) is 2. The van der Waals surface area contributed by atoms with Gasteiger partial charge in [0.05, 0.1) is 0 Å². The fraction of sp³-hybridized carbons (Fsp3) is 0.500. The van der Waals surface area contributed by atoms with Gasteiger partial charge in [-0.1, -0.05) is 37.3 Å². The lowest BCUT2D eigenvalue weighted by molar-refractivity contribution is -0.139. The first-order valence-corrected chi connectivity index (χ1v) is 7.38. The number of urea groups is 1. The zero-order chi connectivity index (χ0) is 15.2. The van der Waals surface area contributed by atoms with Crippen molar-refractivity contribution in [3.63, 3.8) is 0 Å². The maximum Gasteiger partial charge on any atom is 0.326 e. The molecule has 2 rings (SSSR count). The molecule has 1 saturated heterocycles. The highest BCUT2D eigenvalue weighted by atomic mass is 16.4. The smallest absolute Gasteiger partial charge is 0.326 e. The van der Waals surface area contributed by atoms with Crippen molar-refractivity contribution in [2.75, 3.05) is 13.1 Å². The van der Waals surface area contributed by atoms with Crippen LogP contribution in [-0.2, 0) is 11.2 Å². The van der Waals surface area contributed by atoms with E-state index in [1.165, 1.54) is 0 Å². The Balaban J connectivity index is 1.87. The first kappa shape index (κ1) is 15.4. The summed E-state index contributed by atoms with van der Waals surface area (Å²) in [5, 5.41) is 11.9. The van der Waals surface area contributed by atoms with E-state index in [9.17, 15) is 14.7 Å². The summed E-state index contributed by atoms with van der Waals surface area (Å²) >= 11 is 0. The maximum absolute atomic E-state index is 12.1. The second-order valence-electron chi connectivity index (χ2n) is 5.70. The van der Waals surface area contributed by atoms with E-state index in [4.69, 9.17) is 0 Å². The number of hydrogen-bond acceptors (Lipinski definition) is 2. The SMILES string of the molecule is CC1CCN(C(=O)N[C@@H](CCc2ccccc2)C(=O)O)C1. The van der Waals surface area contributed by atoms with E-state index in [1.54, 1.807) is 4.90 Å². The van der Waals surface area contributed by atoms with Crippen LogP contribution < -0.4 is 5.32 Å². The third-order valence-electron chi connectivity index (χ3n) is 3.87. The molecule has 1 aliphatic heterocycles. The predicted molar refractivity (Wildman–Crippen MR) is 80.1 cm³/mol. The standard InChI is InChI=1S/C16H22N2O3/c1-12-9-10-18(11-12)16(21)17-14(15(19)20)8-7-13-5-3-2-4-6-13/h2-6,12,14H,7-11H2,1H3,(H,17,21)(H,19,20)/t12?,14-/m0/s1. The molecule has 2 atom stereocenters. The Kier molecular flexibility index (Phi) is 5.20. The Morgan fingerprint density at radius 1 is 1.38 bits per heavy atom. The molecule has 0 aliphatic carbocycles. The van der Waals surface area contributed by atoms with Crippen molar-refractivity contribution in [2.45, 2.75) is 32.2 Å². The highest BCUT2D eigenvalue weighted by Crippen LogP contribution is 2.15. The summed E-state index contributed by atoms with van der Waals surface area (Å²) < 4.78 is 0. The van der Waals surface area contributed by atoms with Gasteiger partial charge in [0.1, 0.15) is 6.04 Å². The minimum Gasteiger partial charge on any atom is -0.480 e. The van der Waals surface area contributed by atoms with Gasteiger partial charge in [-0.05, 0) is 30.7 Å². The second kappa shape index (κ2) is 7.11. The number of likely N-dealkylation sites (tertiary alicyclic amines) is 1. The fourth-order valence-corrected chi connectivity index (χ4v) is 2.57. The molecule has 1 unspecified atom stereocenters. The highest BCUT2D eigenvalue weighted by Gasteiger charge is 2.27. The zero-order valence-electron chi connectivity index (χ0n) is 12.3. The molecule has 0 saturated carbocycles. The van der Waals surface area contributed by atoms with Crippen molar-refractivity contribution in [1.82, 2.24) is 10.2 Å². The quantitative estimate of drug-likeness (QED) is 0.872. The number of nitrogens with one attached hydrogen (secondary N) is 1. The van der Waals surface area contributed by atoms with Crippen LogP contribution in [0.2, 0.25) is 0 Å². The zero-order valence-corrected chi connectivity index (χ0v) is 12.3. The molecule has 21 heavy (non-hydrogen) atoms. The van der Waals surface area contributed by atoms with Gasteiger partial charge < -0.3 is 15.3 Å². The van der Waals surface area contributed by atoms with E-state index >= 15 is 0 Å². The van der Waals surface area contributed by atoms with E-state index in [2.05, 4.69) is 12.2 Å². The third kappa shape index (κ3) is 4.48. The molecule has 0 aromatic heterocycles. The topological polar surface area (TPSA) is 69.6 Å². The molecule has 0 spiro atoms. The van der Waals surface area contributed by atoms with Crippen molar-refractivity contribution >= 4 is 12.0 Å². The van der Waals surface area contributed by atoms with Gasteiger partial charge in [-0.3, -0.25) is 0 Å². The summed E-state index contributed by atoms with van der Waals surface area (Å²) in [6.45, 7) is 3.51. The number of carbonyl (C=O) groups is 2. The van der Waals surface area contributed by atoms with Crippen LogP contribution in [0.15, 0.2) is 30.3 Å². The maximum atomic E-state index is 12.1. The van der Waals surface area contributed by atoms with Crippen LogP contribution in [0, 0.1) is 5.92 Å². The summed E-state index contributed by atoms with van der Waals surface area (Å²) in [5.74, 6) is -0.491. The van der Waals surface area contributed by atoms with Crippen LogP contribution in [0.25, 0.3) is 0 Å². The van der Waals surface area contributed by atoms with Gasteiger partial charge in [0.15, 0.2) is 0 Å². The number of carboxylic acid groups (broad SMARTS) is 1. The lowest BCUT2D eigenvalue weighted by Crippen LogP contribution is -2.47. The minimum atomic E-state index is -0.980. The van der Waals surface area contributed by atoms with Crippen LogP contribution in [0.1, 0.15) is 25.3 Å². The summed E-state index contributed by atoms with van der Waals surface area (Å²) in [4.78, 5) is 25.1. The van der Waals surface area contributed by atoms with E-state index in [0.29, 0.717) is 31.8 Å². The highest BCUT2D eigenvalue weighted by molar-refractivity contribution is 5.82. The normalized spacial score (nSPS) is 19.3. The Labute approximate surface area is 125 Å². The molecule has 114 valence electrons. The largest absolute Gasteiger partial charge is 0.480 e. The molecule has 2 amide bonds. The van der Waals surface area contributed by atoms with Crippen molar-refractivity contribution in [1.29, 1.82) is 0 Å². The number of benzene rings is 1. The molecule has 5 heteroatoms. The first-order valence-electron chi connectivity index (χ1n) is 7.38. The molecule has 0 radical (unpaired) electrons. The van der Waals surface area contributed by atoms with Gasteiger partial charge in [0.25, 0.3) is 0 Å². The Morgan fingerprint density at radius 2 is 2.10 bits per heavy atom. The van der Waals surface area contributed by atoms with E-state index in [0.717, 1.165) is 12.0 Å². The van der Waals surface area contributed by atoms with Crippen LogP contribution in [0.4, 0.5) is 4.79 Å². The molecule has 1 aliphatic rings. The molecule has 1 heterocycles. The summed E-state index contributed by atoms with van der Waals surface area (Å²) in [5.41, 5.74) is 1.08. The average Bonchev–Trinajstić information content (AvgIpc) is 2.90. The van der Waals surface area contributed by atoms with E-state index in [1.807, 2.05) is 30.3 Å². The van der Waals surface area contributed by atoms with Crippen LogP contribution >= 0.6 is 0 Å². The van der Waals surface area contributed by atoms with E-state index in [-0.39, 0.29) is 6.03 Å². The van der Waals surface area contributed by atoms with Gasteiger partial charge >= 0.3 is 12.0 Å². The van der Waals surface area contributed by atoms with Gasteiger partial charge in [-0.15, -0.1) is 0 Å². The molecule has 1 aromatic carbocycles. The average molecular weight is 290 g/mol. The van der Waals surface area contributed by atoms with Crippen molar-refractivity contribution in [3.05, 3.63) is 35.9 Å². The Bertz CT molecular complexity index is 490. The number of carboxylic acids is 1. The van der Waals surface area contributed by atoms with Gasteiger partial charge in [0.2, 0.25) is 0 Å². The Morgan fingerprint density at radius 3 is 2.67 bits per heavy atom. The summed E-state index contributed by atoms with van der Waals surface area (Å²) in [6.07, 6.45) is 2.01. The van der Waals surface area contributed by atoms with Gasteiger partial charge in [-0.2, -0.15) is 0 Å². The lowest BCUT2D eigenvalue weighted by Gasteiger charge is -2.21. The van der Waals surface area contributed by atoms with Gasteiger partial charge in [-0.25, -0.2) is 9.59 Å². The van der Waals surface area contributed by atoms with Crippen molar-refractivity contribution in [2.24, 2.45) is 5.92 Å². The predicted octanol–water partition coefficient (Wildman–Crippen LogP) is 2.12. The molecule has 2 N–H and O–H groups in total. The number of nitrogens with zero attached hydrogens (tertiary/aromatic N) is 1. The van der Waals surface area contributed by atoms with Crippen LogP contribution in [-0.4, -0.2) is 41.1 Å². The van der Waals surface area contributed by atoms with Gasteiger partial charge in [0, 0.05) is 13.1 Å². The van der Waals surface area contributed by atoms with Crippen molar-refractivity contribution < 1.29 is 14.7 Å². The molecule has 1 fully saturated rings. The minimum absolute atomic E-state index is 0.264. The summed E-state index contributed by atoms with van der Waals surface area (Å²) in [6, 6.07) is 8.60. The van der Waals surface area contributed by atoms with Crippen LogP contribution in [0.5, 0.6) is 0 Å². The molecule has 5 nitrogen and oxygen atoms in total. The van der Waals surface area contributed by atoms with Crippen LogP contribution in [0.3, 0.4) is 0 Å². The van der Waals surface area contributed by atoms with Crippen molar-refractivity contribution in [3.8, 4) is 0 Å². The number of aryl methyl sites for hydroxylation is 1.